The first-order chi connectivity index (χ1) is 15.2. The molecule has 0 saturated carbocycles. The summed E-state index contributed by atoms with van der Waals surface area (Å²) >= 11 is 0. The fourth-order valence-corrected chi connectivity index (χ4v) is 5.89. The topological polar surface area (TPSA) is 118 Å². The number of aryl methyl sites for hydroxylation is 2. The summed E-state index contributed by atoms with van der Waals surface area (Å²) in [7, 11) is -2.45. The summed E-state index contributed by atoms with van der Waals surface area (Å²) < 4.78 is 38.5. The van der Waals surface area contributed by atoms with Crippen molar-refractivity contribution in [3.63, 3.8) is 0 Å². The minimum absolute atomic E-state index is 0.0224. The molecule has 0 bridgehead atoms. The van der Waals surface area contributed by atoms with Gasteiger partial charge in [0.15, 0.2) is 0 Å². The van der Waals surface area contributed by atoms with Crippen molar-refractivity contribution in [3.05, 3.63) is 41.2 Å². The lowest BCUT2D eigenvalue weighted by Crippen LogP contribution is -2.44. The molecule has 1 amide bonds. The van der Waals surface area contributed by atoms with Crippen LogP contribution in [-0.4, -0.2) is 56.4 Å². The lowest BCUT2D eigenvalue weighted by atomic mass is 9.99. The summed E-state index contributed by atoms with van der Waals surface area (Å²) in [6, 6.07) is 6.93. The molecule has 32 heavy (non-hydrogen) atoms. The van der Waals surface area contributed by atoms with Crippen molar-refractivity contribution in [1.29, 1.82) is 0 Å². The Morgan fingerprint density at radius 1 is 1.19 bits per heavy atom. The minimum atomic E-state index is -4.01. The second-order valence-corrected chi connectivity index (χ2v) is 9.59. The van der Waals surface area contributed by atoms with Gasteiger partial charge >= 0.3 is 5.97 Å². The van der Waals surface area contributed by atoms with Crippen LogP contribution in [0.4, 0.5) is 5.69 Å². The lowest BCUT2D eigenvalue weighted by molar-refractivity contribution is -0.120. The quantitative estimate of drug-likeness (QED) is 0.610. The highest BCUT2D eigenvalue weighted by Gasteiger charge is 2.38. The molecule has 2 heterocycles. The zero-order chi connectivity index (χ0) is 23.5. The van der Waals surface area contributed by atoms with Crippen LogP contribution in [0.5, 0.6) is 5.75 Å². The maximum atomic E-state index is 13.5. The number of hydrogen-bond donors (Lipinski definition) is 2. The molecule has 0 unspecified atom stereocenters. The van der Waals surface area contributed by atoms with E-state index in [9.17, 15) is 18.0 Å². The molecule has 1 fully saturated rings. The lowest BCUT2D eigenvalue weighted by Gasteiger charge is -2.31. The molecule has 2 N–H and O–H groups in total. The third-order valence-corrected chi connectivity index (χ3v) is 7.55. The third-order valence-electron chi connectivity index (χ3n) is 5.51. The van der Waals surface area contributed by atoms with Crippen molar-refractivity contribution in [2.45, 2.75) is 38.5 Å². The number of aromatic nitrogens is 1. The van der Waals surface area contributed by atoms with Gasteiger partial charge in [0, 0.05) is 30.2 Å². The van der Waals surface area contributed by atoms with Crippen molar-refractivity contribution in [2.24, 2.45) is 5.92 Å². The fourth-order valence-electron chi connectivity index (χ4n) is 3.95. The first kappa shape index (κ1) is 23.8. The summed E-state index contributed by atoms with van der Waals surface area (Å²) in [5.74, 6) is -0.763. The van der Waals surface area contributed by atoms with Gasteiger partial charge < -0.3 is 19.8 Å². The predicted molar refractivity (Wildman–Crippen MR) is 119 cm³/mol. The summed E-state index contributed by atoms with van der Waals surface area (Å²) in [5, 5.41) is 2.84. The summed E-state index contributed by atoms with van der Waals surface area (Å²) in [5.41, 5.74) is 1.44. The second-order valence-electron chi connectivity index (χ2n) is 7.72. The molecule has 1 aromatic carbocycles. The molecule has 0 aliphatic carbocycles. The number of nitrogens with one attached hydrogen (secondary N) is 2. The maximum absolute atomic E-state index is 13.5. The third kappa shape index (κ3) is 4.81. The van der Waals surface area contributed by atoms with Crippen LogP contribution in [0, 0.1) is 19.8 Å². The number of benzene rings is 1. The molecule has 1 aliphatic heterocycles. The highest BCUT2D eigenvalue weighted by molar-refractivity contribution is 7.89. The standard InChI is InChI=1S/C22H29N3O6S/c1-5-31-22(27)19-14(2)23-15(3)20(19)32(28,29)25-12-6-7-16(13-25)21(26)24-17-8-10-18(30-4)11-9-17/h8-11,16,23H,5-7,12-13H2,1-4H3,(H,24,26)/t16-/m1/s1. The SMILES string of the molecule is CCOC(=O)c1c(C)[nH]c(C)c1S(=O)(=O)N1CCC[C@@H](C(=O)Nc2ccc(OC)cc2)C1. The van der Waals surface area contributed by atoms with Crippen LogP contribution in [0.1, 0.15) is 41.5 Å². The van der Waals surface area contributed by atoms with Gasteiger partial charge in [-0.3, -0.25) is 4.79 Å². The van der Waals surface area contributed by atoms with Gasteiger partial charge in [-0.05, 0) is 57.9 Å². The molecule has 1 aromatic heterocycles. The van der Waals surface area contributed by atoms with Gasteiger partial charge in [0.25, 0.3) is 0 Å². The summed E-state index contributed by atoms with van der Waals surface area (Å²) in [6.45, 7) is 5.37. The Bertz CT molecular complexity index is 1090. The number of carbonyl (C=O) groups is 2. The van der Waals surface area contributed by atoms with E-state index in [1.54, 1.807) is 52.1 Å². The fraction of sp³-hybridized carbons (Fsp3) is 0.455. The van der Waals surface area contributed by atoms with E-state index in [1.807, 2.05) is 0 Å². The molecule has 2 aromatic rings. The van der Waals surface area contributed by atoms with Crippen LogP contribution < -0.4 is 10.1 Å². The van der Waals surface area contributed by atoms with Crippen LogP contribution in [0.2, 0.25) is 0 Å². The molecule has 0 spiro atoms. The van der Waals surface area contributed by atoms with E-state index in [4.69, 9.17) is 9.47 Å². The zero-order valence-electron chi connectivity index (χ0n) is 18.7. The van der Waals surface area contributed by atoms with Crippen molar-refractivity contribution in [3.8, 4) is 5.75 Å². The van der Waals surface area contributed by atoms with E-state index >= 15 is 0 Å². The number of sulfonamides is 1. The van der Waals surface area contributed by atoms with Crippen molar-refractivity contribution < 1.29 is 27.5 Å². The van der Waals surface area contributed by atoms with Gasteiger partial charge in [0.1, 0.15) is 16.2 Å². The number of carbonyl (C=O) groups excluding carboxylic acids is 2. The number of hydrogen-bond acceptors (Lipinski definition) is 6. The van der Waals surface area contributed by atoms with Crippen LogP contribution in [0.3, 0.4) is 0 Å². The van der Waals surface area contributed by atoms with Crippen molar-refractivity contribution in [2.75, 3.05) is 32.1 Å². The Morgan fingerprint density at radius 2 is 1.88 bits per heavy atom. The largest absolute Gasteiger partial charge is 0.497 e. The number of aromatic amines is 1. The molecule has 9 nitrogen and oxygen atoms in total. The van der Waals surface area contributed by atoms with Gasteiger partial charge in [-0.2, -0.15) is 4.31 Å². The molecular formula is C22H29N3O6S. The van der Waals surface area contributed by atoms with E-state index in [0.29, 0.717) is 35.7 Å². The number of piperidine rings is 1. The number of H-pyrrole nitrogens is 1. The number of nitrogens with zero attached hydrogens (tertiary/aromatic N) is 1. The van der Waals surface area contributed by atoms with E-state index in [1.165, 1.54) is 4.31 Å². The first-order valence-electron chi connectivity index (χ1n) is 10.5. The molecule has 3 rings (SSSR count). The zero-order valence-corrected chi connectivity index (χ0v) is 19.5. The number of ether oxygens (including phenoxy) is 2. The normalized spacial score (nSPS) is 17.1. The molecule has 1 saturated heterocycles. The number of anilines is 1. The van der Waals surface area contributed by atoms with E-state index in [2.05, 4.69) is 10.3 Å². The monoisotopic (exact) mass is 463 g/mol. The smallest absolute Gasteiger partial charge is 0.341 e. The number of esters is 1. The van der Waals surface area contributed by atoms with Crippen LogP contribution in [0.15, 0.2) is 29.2 Å². The number of amides is 1. The molecule has 1 aliphatic rings. The maximum Gasteiger partial charge on any atom is 0.341 e. The Labute approximate surface area is 188 Å². The Morgan fingerprint density at radius 3 is 2.50 bits per heavy atom. The first-order valence-corrected chi connectivity index (χ1v) is 11.9. The Balaban J connectivity index is 1.81. The molecule has 1 atom stereocenters. The number of methoxy groups -OCH3 is 1. The highest BCUT2D eigenvalue weighted by Crippen LogP contribution is 2.31. The molecular weight excluding hydrogens is 434 g/mol. The average molecular weight is 464 g/mol. The van der Waals surface area contributed by atoms with Gasteiger partial charge in [0.05, 0.1) is 19.6 Å². The van der Waals surface area contributed by atoms with Crippen LogP contribution in [-0.2, 0) is 19.6 Å². The van der Waals surface area contributed by atoms with Gasteiger partial charge in [-0.1, -0.05) is 0 Å². The summed E-state index contributed by atoms with van der Waals surface area (Å²) in [6.07, 6.45) is 1.11. The molecule has 174 valence electrons. The number of rotatable bonds is 7. The van der Waals surface area contributed by atoms with Gasteiger partial charge in [-0.15, -0.1) is 0 Å². The van der Waals surface area contributed by atoms with E-state index in [-0.39, 0.29) is 36.1 Å². The van der Waals surface area contributed by atoms with Gasteiger partial charge in [-0.25, -0.2) is 13.2 Å². The van der Waals surface area contributed by atoms with Crippen LogP contribution in [0.25, 0.3) is 0 Å². The van der Waals surface area contributed by atoms with Crippen molar-refractivity contribution >= 4 is 27.6 Å². The molecule has 10 heteroatoms. The average Bonchev–Trinajstić information content (AvgIpc) is 3.09. The molecule has 0 radical (unpaired) electrons. The summed E-state index contributed by atoms with van der Waals surface area (Å²) in [4.78, 5) is 28.1. The van der Waals surface area contributed by atoms with Crippen LogP contribution >= 0.6 is 0 Å². The highest BCUT2D eigenvalue weighted by atomic mass is 32.2. The van der Waals surface area contributed by atoms with Crippen molar-refractivity contribution in [1.82, 2.24) is 9.29 Å². The van der Waals surface area contributed by atoms with Gasteiger partial charge in [0.2, 0.25) is 15.9 Å². The second kappa shape index (κ2) is 9.74. The predicted octanol–water partition coefficient (Wildman–Crippen LogP) is 2.86. The Hall–Kier alpha value is -2.85. The van der Waals surface area contributed by atoms with E-state index < -0.39 is 21.9 Å². The Kier molecular flexibility index (Phi) is 7.25. The van der Waals surface area contributed by atoms with E-state index in [0.717, 1.165) is 0 Å². The minimum Gasteiger partial charge on any atom is -0.497 e.